The van der Waals surface area contributed by atoms with E-state index in [-0.39, 0.29) is 18.4 Å². The fraction of sp³-hybridized carbons (Fsp3) is 0.429. The molecule has 1 atom stereocenters. The fourth-order valence-corrected chi connectivity index (χ4v) is 2.68. The number of amides is 1. The highest BCUT2D eigenvalue weighted by Crippen LogP contribution is 2.24. The molecule has 2 aromatic rings. The summed E-state index contributed by atoms with van der Waals surface area (Å²) in [7, 11) is 0. The second-order valence-corrected chi connectivity index (χ2v) is 5.67. The smallest absolute Gasteiger partial charge is 0.244 e. The first-order chi connectivity index (χ1) is 10.1. The summed E-state index contributed by atoms with van der Waals surface area (Å²) in [5.74, 6) is 1.09. The largest absolute Gasteiger partial charge is 0.340 e. The van der Waals surface area contributed by atoms with Crippen LogP contribution in [0.3, 0.4) is 0 Å². The summed E-state index contributed by atoms with van der Waals surface area (Å²) in [5, 5.41) is 4.57. The van der Waals surface area contributed by atoms with Gasteiger partial charge in [0.1, 0.15) is 12.4 Å². The number of aryl methyl sites for hydroxylation is 1. The van der Waals surface area contributed by atoms with Crippen LogP contribution in [0.5, 0.6) is 0 Å². The third-order valence-electron chi connectivity index (χ3n) is 3.62. The summed E-state index contributed by atoms with van der Waals surface area (Å²) in [5.41, 5.74) is 0.955. The first-order valence-corrected chi connectivity index (χ1v) is 7.25. The van der Waals surface area contributed by atoms with Gasteiger partial charge in [0, 0.05) is 37.1 Å². The molecule has 1 aliphatic heterocycles. The van der Waals surface area contributed by atoms with E-state index in [1.807, 2.05) is 17.9 Å². The van der Waals surface area contributed by atoms with Crippen LogP contribution in [0.2, 0.25) is 5.02 Å². The molecule has 7 heteroatoms. The van der Waals surface area contributed by atoms with Crippen LogP contribution in [-0.4, -0.2) is 43.6 Å². The molecule has 0 bridgehead atoms. The van der Waals surface area contributed by atoms with E-state index in [2.05, 4.69) is 15.1 Å². The van der Waals surface area contributed by atoms with Crippen molar-refractivity contribution in [1.29, 1.82) is 0 Å². The fourth-order valence-electron chi connectivity index (χ4n) is 2.53. The van der Waals surface area contributed by atoms with Gasteiger partial charge in [0.15, 0.2) is 0 Å². The molecule has 2 aromatic heterocycles. The molecule has 0 saturated carbocycles. The summed E-state index contributed by atoms with van der Waals surface area (Å²) in [6, 6.07) is 1.88. The normalized spacial score (nSPS) is 18.2. The van der Waals surface area contributed by atoms with Gasteiger partial charge in [0.25, 0.3) is 0 Å². The Morgan fingerprint density at radius 3 is 3.10 bits per heavy atom. The van der Waals surface area contributed by atoms with Crippen LogP contribution in [0.25, 0.3) is 0 Å². The Bertz CT molecular complexity index is 656. The molecule has 1 fully saturated rings. The molecule has 110 valence electrons. The molecule has 1 aliphatic rings. The van der Waals surface area contributed by atoms with E-state index < -0.39 is 0 Å². The second kappa shape index (κ2) is 5.81. The molecule has 1 amide bonds. The average Bonchev–Trinajstić information content (AvgIpc) is 3.08. The van der Waals surface area contributed by atoms with Gasteiger partial charge >= 0.3 is 0 Å². The van der Waals surface area contributed by atoms with Crippen LogP contribution < -0.4 is 0 Å². The van der Waals surface area contributed by atoms with Crippen LogP contribution >= 0.6 is 11.6 Å². The molecule has 0 aliphatic carbocycles. The van der Waals surface area contributed by atoms with Gasteiger partial charge in [-0.3, -0.25) is 9.48 Å². The molecule has 0 unspecified atom stereocenters. The minimum absolute atomic E-state index is 0.0462. The van der Waals surface area contributed by atoms with E-state index in [1.54, 1.807) is 17.1 Å². The lowest BCUT2D eigenvalue weighted by Crippen LogP contribution is -2.32. The summed E-state index contributed by atoms with van der Waals surface area (Å²) >= 11 is 5.80. The lowest BCUT2D eigenvalue weighted by atomic mass is 10.1. The zero-order valence-electron chi connectivity index (χ0n) is 11.7. The van der Waals surface area contributed by atoms with Crippen molar-refractivity contribution in [3.8, 4) is 0 Å². The minimum Gasteiger partial charge on any atom is -0.340 e. The zero-order valence-corrected chi connectivity index (χ0v) is 12.5. The number of hydrogen-bond donors (Lipinski definition) is 0. The number of rotatable bonds is 3. The van der Waals surface area contributed by atoms with Crippen molar-refractivity contribution >= 4 is 17.5 Å². The van der Waals surface area contributed by atoms with E-state index in [9.17, 15) is 4.79 Å². The van der Waals surface area contributed by atoms with E-state index in [1.165, 1.54) is 6.20 Å². The highest BCUT2D eigenvalue weighted by Gasteiger charge is 2.29. The standard InChI is InChI=1S/C14H16ClN5O/c1-10-2-4-16-14(18-10)11-3-5-19(7-11)13(21)9-20-8-12(15)6-17-20/h2,4,6,8,11H,3,5,7,9H2,1H3/t11-/m1/s1. The SMILES string of the molecule is Cc1ccnc([C@@H]2CCN(C(=O)Cn3cc(Cl)cn3)C2)n1. The molecule has 0 aromatic carbocycles. The van der Waals surface area contributed by atoms with Crippen LogP contribution in [0.1, 0.15) is 23.9 Å². The maximum Gasteiger partial charge on any atom is 0.244 e. The Morgan fingerprint density at radius 2 is 2.38 bits per heavy atom. The van der Waals surface area contributed by atoms with Crippen LogP contribution in [0, 0.1) is 6.92 Å². The summed E-state index contributed by atoms with van der Waals surface area (Å²) in [6.07, 6.45) is 5.85. The Kier molecular flexibility index (Phi) is 3.88. The van der Waals surface area contributed by atoms with Crippen LogP contribution in [0.15, 0.2) is 24.7 Å². The second-order valence-electron chi connectivity index (χ2n) is 5.24. The van der Waals surface area contributed by atoms with Crippen LogP contribution in [-0.2, 0) is 11.3 Å². The first-order valence-electron chi connectivity index (χ1n) is 6.87. The molecule has 21 heavy (non-hydrogen) atoms. The van der Waals surface area contributed by atoms with Gasteiger partial charge in [0.2, 0.25) is 5.91 Å². The molecular weight excluding hydrogens is 290 g/mol. The van der Waals surface area contributed by atoms with Crippen molar-refractivity contribution in [3.63, 3.8) is 0 Å². The summed E-state index contributed by atoms with van der Waals surface area (Å²) < 4.78 is 1.56. The van der Waals surface area contributed by atoms with Crippen LogP contribution in [0.4, 0.5) is 0 Å². The quantitative estimate of drug-likeness (QED) is 0.865. The van der Waals surface area contributed by atoms with E-state index >= 15 is 0 Å². The number of aromatic nitrogens is 4. The summed E-state index contributed by atoms with van der Waals surface area (Å²) in [4.78, 5) is 22.9. The molecule has 6 nitrogen and oxygen atoms in total. The lowest BCUT2D eigenvalue weighted by molar-refractivity contribution is -0.131. The monoisotopic (exact) mass is 305 g/mol. The van der Waals surface area contributed by atoms with E-state index in [4.69, 9.17) is 11.6 Å². The molecule has 0 radical (unpaired) electrons. The Balaban J connectivity index is 1.62. The maximum absolute atomic E-state index is 12.2. The number of hydrogen-bond acceptors (Lipinski definition) is 4. The van der Waals surface area contributed by atoms with Gasteiger partial charge in [-0.2, -0.15) is 5.10 Å². The zero-order chi connectivity index (χ0) is 14.8. The average molecular weight is 306 g/mol. The third-order valence-corrected chi connectivity index (χ3v) is 3.81. The number of carbonyl (C=O) groups excluding carboxylic acids is 1. The highest BCUT2D eigenvalue weighted by atomic mass is 35.5. The molecule has 1 saturated heterocycles. The Morgan fingerprint density at radius 1 is 1.52 bits per heavy atom. The number of likely N-dealkylation sites (tertiary alicyclic amines) is 1. The Labute approximate surface area is 127 Å². The van der Waals surface area contributed by atoms with Crippen molar-refractivity contribution in [1.82, 2.24) is 24.6 Å². The van der Waals surface area contributed by atoms with Crippen molar-refractivity contribution in [2.75, 3.05) is 13.1 Å². The van der Waals surface area contributed by atoms with Gasteiger partial charge in [-0.15, -0.1) is 0 Å². The molecule has 3 rings (SSSR count). The van der Waals surface area contributed by atoms with Gasteiger partial charge in [0.05, 0.1) is 11.2 Å². The van der Waals surface area contributed by atoms with Gasteiger partial charge in [-0.1, -0.05) is 11.6 Å². The maximum atomic E-state index is 12.2. The predicted octanol–water partition coefficient (Wildman–Crippen LogP) is 1.65. The highest BCUT2D eigenvalue weighted by molar-refractivity contribution is 6.30. The lowest BCUT2D eigenvalue weighted by Gasteiger charge is -2.16. The van der Waals surface area contributed by atoms with Gasteiger partial charge in [-0.05, 0) is 19.4 Å². The van der Waals surface area contributed by atoms with Gasteiger partial charge < -0.3 is 4.90 Å². The van der Waals surface area contributed by atoms with Crippen molar-refractivity contribution in [2.24, 2.45) is 0 Å². The van der Waals surface area contributed by atoms with Crippen molar-refractivity contribution in [2.45, 2.75) is 25.8 Å². The van der Waals surface area contributed by atoms with Gasteiger partial charge in [-0.25, -0.2) is 9.97 Å². The topological polar surface area (TPSA) is 63.9 Å². The predicted molar refractivity (Wildman–Crippen MR) is 77.9 cm³/mol. The first kappa shape index (κ1) is 14.0. The molecular formula is C14H16ClN5O. The molecule has 3 heterocycles. The molecule has 0 N–H and O–H groups in total. The van der Waals surface area contributed by atoms with E-state index in [0.717, 1.165) is 24.5 Å². The van der Waals surface area contributed by atoms with Crippen molar-refractivity contribution in [3.05, 3.63) is 41.2 Å². The summed E-state index contributed by atoms with van der Waals surface area (Å²) in [6.45, 7) is 3.56. The minimum atomic E-state index is 0.0462. The number of nitrogens with zero attached hydrogens (tertiary/aromatic N) is 5. The third kappa shape index (κ3) is 3.21. The van der Waals surface area contributed by atoms with Crippen molar-refractivity contribution < 1.29 is 4.79 Å². The number of halogens is 1. The molecule has 0 spiro atoms. The number of carbonyl (C=O) groups is 1. The Hall–Kier alpha value is -1.95. The van der Waals surface area contributed by atoms with E-state index in [0.29, 0.717) is 11.6 Å².